The van der Waals surface area contributed by atoms with Gasteiger partial charge < -0.3 is 19.5 Å². The molecule has 0 atom stereocenters. The van der Waals surface area contributed by atoms with Gasteiger partial charge >= 0.3 is 5.97 Å². The lowest BCUT2D eigenvalue weighted by Crippen LogP contribution is -2.34. The van der Waals surface area contributed by atoms with Crippen LogP contribution < -0.4 is 25.0 Å². The molecule has 0 bridgehead atoms. The van der Waals surface area contributed by atoms with Gasteiger partial charge in [0.05, 0.1) is 32.0 Å². The Kier molecular flexibility index (Phi) is 9.58. The summed E-state index contributed by atoms with van der Waals surface area (Å²) in [6.45, 7) is 2.39. The number of nitrogens with zero attached hydrogens (tertiary/aromatic N) is 1. The van der Waals surface area contributed by atoms with Crippen molar-refractivity contribution in [2.45, 2.75) is 13.3 Å². The van der Waals surface area contributed by atoms with Crippen molar-refractivity contribution in [1.29, 1.82) is 0 Å². The van der Waals surface area contributed by atoms with Crippen LogP contribution in [0.2, 0.25) is 0 Å². The van der Waals surface area contributed by atoms with E-state index in [1.165, 1.54) is 6.21 Å². The Bertz CT molecular complexity index is 1190. The first-order chi connectivity index (χ1) is 17.5. The van der Waals surface area contributed by atoms with Gasteiger partial charge in [-0.3, -0.25) is 9.59 Å². The molecular formula is C27H27N3O6. The van der Waals surface area contributed by atoms with E-state index in [2.05, 4.69) is 15.8 Å². The van der Waals surface area contributed by atoms with Crippen LogP contribution in [0.3, 0.4) is 0 Å². The van der Waals surface area contributed by atoms with Crippen molar-refractivity contribution in [2.24, 2.45) is 5.10 Å². The highest BCUT2D eigenvalue weighted by Gasteiger charge is 2.09. The van der Waals surface area contributed by atoms with Crippen molar-refractivity contribution in [1.82, 2.24) is 10.7 Å². The van der Waals surface area contributed by atoms with Crippen LogP contribution in [0.1, 0.15) is 39.6 Å². The third-order valence-corrected chi connectivity index (χ3v) is 4.82. The van der Waals surface area contributed by atoms with Gasteiger partial charge in [0.1, 0.15) is 17.2 Å². The number of nitrogens with one attached hydrogen (secondary N) is 2. The molecule has 0 radical (unpaired) electrons. The van der Waals surface area contributed by atoms with E-state index in [1.807, 2.05) is 6.92 Å². The molecule has 0 saturated heterocycles. The van der Waals surface area contributed by atoms with Gasteiger partial charge in [0.25, 0.3) is 11.8 Å². The van der Waals surface area contributed by atoms with Crippen molar-refractivity contribution in [2.75, 3.05) is 20.3 Å². The maximum Gasteiger partial charge on any atom is 0.343 e. The van der Waals surface area contributed by atoms with Crippen molar-refractivity contribution < 1.29 is 28.6 Å². The summed E-state index contributed by atoms with van der Waals surface area (Å²) in [4.78, 5) is 36.4. The van der Waals surface area contributed by atoms with Crippen LogP contribution >= 0.6 is 0 Å². The van der Waals surface area contributed by atoms with E-state index in [-0.39, 0.29) is 12.5 Å². The predicted octanol–water partition coefficient (Wildman–Crippen LogP) is 3.58. The summed E-state index contributed by atoms with van der Waals surface area (Å²) in [7, 11) is 1.55. The van der Waals surface area contributed by atoms with E-state index in [1.54, 1.807) is 79.9 Å². The van der Waals surface area contributed by atoms with Crippen LogP contribution in [0, 0.1) is 0 Å². The highest BCUT2D eigenvalue weighted by molar-refractivity contribution is 5.96. The molecule has 0 unspecified atom stereocenters. The van der Waals surface area contributed by atoms with E-state index >= 15 is 0 Å². The Morgan fingerprint density at radius 3 is 2.08 bits per heavy atom. The van der Waals surface area contributed by atoms with Crippen LogP contribution in [0.15, 0.2) is 77.9 Å². The summed E-state index contributed by atoms with van der Waals surface area (Å²) in [5.41, 5.74) is 3.84. The van der Waals surface area contributed by atoms with Crippen LogP contribution in [0.5, 0.6) is 17.2 Å². The topological polar surface area (TPSA) is 115 Å². The number of hydrazone groups is 1. The Hall–Kier alpha value is -4.66. The molecule has 0 aliphatic carbocycles. The van der Waals surface area contributed by atoms with E-state index in [0.29, 0.717) is 40.5 Å². The average molecular weight is 490 g/mol. The fourth-order valence-electron chi connectivity index (χ4n) is 2.92. The molecular weight excluding hydrogens is 462 g/mol. The largest absolute Gasteiger partial charge is 0.497 e. The Labute approximate surface area is 209 Å². The summed E-state index contributed by atoms with van der Waals surface area (Å²) in [6, 6.07) is 19.9. The smallest absolute Gasteiger partial charge is 0.343 e. The van der Waals surface area contributed by atoms with Crippen LogP contribution in [-0.4, -0.2) is 44.3 Å². The van der Waals surface area contributed by atoms with Crippen molar-refractivity contribution >= 4 is 24.0 Å². The Balaban J connectivity index is 1.41. The lowest BCUT2D eigenvalue weighted by atomic mass is 10.2. The minimum atomic E-state index is -0.492. The lowest BCUT2D eigenvalue weighted by molar-refractivity contribution is -0.120. The van der Waals surface area contributed by atoms with Crippen molar-refractivity contribution in [3.63, 3.8) is 0 Å². The van der Waals surface area contributed by atoms with Crippen molar-refractivity contribution in [3.05, 3.63) is 89.5 Å². The third kappa shape index (κ3) is 7.98. The van der Waals surface area contributed by atoms with Crippen molar-refractivity contribution in [3.8, 4) is 17.2 Å². The fraction of sp³-hybridized carbons (Fsp3) is 0.185. The SMILES string of the molecule is CCCOc1ccc(C(=O)NCC(=O)N/N=C/c2ccc(OC(=O)c3ccc(OC)cc3)cc2)cc1. The molecule has 2 N–H and O–H groups in total. The molecule has 2 amide bonds. The second-order valence-electron chi connectivity index (χ2n) is 7.54. The standard InChI is InChI=1S/C27H27N3O6/c1-3-16-35-23-14-6-20(7-15-23)26(32)28-18-25(31)30-29-17-19-4-10-24(11-5-19)36-27(33)21-8-12-22(34-2)13-9-21/h4-15,17H,3,16,18H2,1-2H3,(H,28,32)(H,30,31)/b29-17+. The first-order valence-corrected chi connectivity index (χ1v) is 11.3. The maximum atomic E-state index is 12.2. The zero-order valence-corrected chi connectivity index (χ0v) is 20.0. The number of carbonyl (C=O) groups excluding carboxylic acids is 3. The van der Waals surface area contributed by atoms with Gasteiger partial charge in [-0.15, -0.1) is 0 Å². The minimum Gasteiger partial charge on any atom is -0.497 e. The lowest BCUT2D eigenvalue weighted by Gasteiger charge is -2.07. The number of hydrogen-bond acceptors (Lipinski definition) is 7. The molecule has 36 heavy (non-hydrogen) atoms. The molecule has 0 fully saturated rings. The summed E-state index contributed by atoms with van der Waals surface area (Å²) in [6.07, 6.45) is 2.33. The number of esters is 1. The fourth-order valence-corrected chi connectivity index (χ4v) is 2.92. The molecule has 186 valence electrons. The summed E-state index contributed by atoms with van der Waals surface area (Å²) < 4.78 is 15.9. The highest BCUT2D eigenvalue weighted by atomic mass is 16.5. The van der Waals surface area contributed by atoms with Gasteiger partial charge in [-0.05, 0) is 84.8 Å². The second-order valence-corrected chi connectivity index (χ2v) is 7.54. The van der Waals surface area contributed by atoms with Gasteiger partial charge in [0.2, 0.25) is 0 Å². The normalized spacial score (nSPS) is 10.5. The molecule has 0 aliphatic heterocycles. The van der Waals surface area contributed by atoms with Crippen LogP contribution in [-0.2, 0) is 4.79 Å². The van der Waals surface area contributed by atoms with E-state index < -0.39 is 11.9 Å². The number of ether oxygens (including phenoxy) is 3. The number of benzene rings is 3. The van der Waals surface area contributed by atoms with E-state index in [9.17, 15) is 14.4 Å². The number of carbonyl (C=O) groups is 3. The van der Waals surface area contributed by atoms with Gasteiger partial charge in [0.15, 0.2) is 0 Å². The van der Waals surface area contributed by atoms with Gasteiger partial charge in [0, 0.05) is 5.56 Å². The number of methoxy groups -OCH3 is 1. The van der Waals surface area contributed by atoms with Gasteiger partial charge in [-0.25, -0.2) is 10.2 Å². The molecule has 3 aromatic carbocycles. The van der Waals surface area contributed by atoms with E-state index in [0.717, 1.165) is 6.42 Å². The van der Waals surface area contributed by atoms with Gasteiger partial charge in [-0.2, -0.15) is 5.10 Å². The second kappa shape index (κ2) is 13.3. The first-order valence-electron chi connectivity index (χ1n) is 11.3. The molecule has 0 saturated carbocycles. The first kappa shape index (κ1) is 26.0. The summed E-state index contributed by atoms with van der Waals surface area (Å²) in [5, 5.41) is 6.41. The minimum absolute atomic E-state index is 0.232. The average Bonchev–Trinajstić information content (AvgIpc) is 2.91. The molecule has 9 nitrogen and oxygen atoms in total. The monoisotopic (exact) mass is 489 g/mol. The molecule has 0 heterocycles. The summed E-state index contributed by atoms with van der Waals surface area (Å²) >= 11 is 0. The van der Waals surface area contributed by atoms with Gasteiger partial charge in [-0.1, -0.05) is 6.92 Å². The molecule has 9 heteroatoms. The number of amides is 2. The quantitative estimate of drug-likeness (QED) is 0.184. The third-order valence-electron chi connectivity index (χ3n) is 4.82. The zero-order chi connectivity index (χ0) is 25.8. The Morgan fingerprint density at radius 2 is 1.44 bits per heavy atom. The Morgan fingerprint density at radius 1 is 0.833 bits per heavy atom. The highest BCUT2D eigenvalue weighted by Crippen LogP contribution is 2.16. The molecule has 0 aliphatic rings. The van der Waals surface area contributed by atoms with E-state index in [4.69, 9.17) is 14.2 Å². The number of rotatable bonds is 11. The predicted molar refractivity (Wildman–Crippen MR) is 135 cm³/mol. The zero-order valence-electron chi connectivity index (χ0n) is 20.0. The molecule has 0 spiro atoms. The van der Waals surface area contributed by atoms with Crippen LogP contribution in [0.25, 0.3) is 0 Å². The maximum absolute atomic E-state index is 12.2. The molecule has 3 rings (SSSR count). The van der Waals surface area contributed by atoms with Crippen LogP contribution in [0.4, 0.5) is 0 Å². The molecule has 0 aromatic heterocycles. The molecule has 3 aromatic rings. The summed E-state index contributed by atoms with van der Waals surface area (Å²) in [5.74, 6) is 0.346. The number of hydrogen-bond donors (Lipinski definition) is 2.